The molecule has 4 atom stereocenters. The molecule has 1 N–H and O–H groups in total. The second-order valence-corrected chi connectivity index (χ2v) is 4.74. The van der Waals surface area contributed by atoms with Gasteiger partial charge in [-0.2, -0.15) is 0 Å². The molecule has 5 heteroatoms. The van der Waals surface area contributed by atoms with Crippen LogP contribution in [-0.4, -0.2) is 61.0 Å². The number of carbonyl (C=O) groups is 1. The molecule has 0 aromatic heterocycles. The molecule has 1 heterocycles. The highest BCUT2D eigenvalue weighted by molar-refractivity contribution is 5.72. The Morgan fingerprint density at radius 1 is 1.59 bits per heavy atom. The number of aliphatic hydroxyl groups excluding tert-OH is 1. The summed E-state index contributed by atoms with van der Waals surface area (Å²) in [4.78, 5) is 13.7. The number of morpholine rings is 1. The number of methoxy groups -OCH3 is 1. The molecule has 1 saturated heterocycles. The van der Waals surface area contributed by atoms with Crippen LogP contribution in [0.25, 0.3) is 0 Å². The normalized spacial score (nSPS) is 29.7. The average molecular weight is 245 g/mol. The highest BCUT2D eigenvalue weighted by Crippen LogP contribution is 2.20. The first-order valence-corrected chi connectivity index (χ1v) is 6.07. The van der Waals surface area contributed by atoms with Crippen LogP contribution in [-0.2, 0) is 14.3 Å². The summed E-state index contributed by atoms with van der Waals surface area (Å²) >= 11 is 0. The van der Waals surface area contributed by atoms with Crippen molar-refractivity contribution in [2.75, 3.05) is 26.9 Å². The summed E-state index contributed by atoms with van der Waals surface area (Å²) < 4.78 is 10.2. The van der Waals surface area contributed by atoms with E-state index in [1.54, 1.807) is 0 Å². The van der Waals surface area contributed by atoms with E-state index in [9.17, 15) is 4.79 Å². The van der Waals surface area contributed by atoms with E-state index in [-0.39, 0.29) is 36.7 Å². The fourth-order valence-corrected chi connectivity index (χ4v) is 2.19. The maximum Gasteiger partial charge on any atom is 0.309 e. The quantitative estimate of drug-likeness (QED) is 0.720. The molecule has 100 valence electrons. The molecule has 4 unspecified atom stereocenters. The van der Waals surface area contributed by atoms with Gasteiger partial charge in [0.15, 0.2) is 0 Å². The lowest BCUT2D eigenvalue weighted by Crippen LogP contribution is -2.55. The van der Waals surface area contributed by atoms with Crippen LogP contribution in [0, 0.1) is 5.92 Å². The molecule has 0 radical (unpaired) electrons. The van der Waals surface area contributed by atoms with Gasteiger partial charge >= 0.3 is 5.97 Å². The Morgan fingerprint density at radius 2 is 2.24 bits per heavy atom. The van der Waals surface area contributed by atoms with E-state index >= 15 is 0 Å². The molecule has 0 aromatic rings. The highest BCUT2D eigenvalue weighted by Gasteiger charge is 2.33. The van der Waals surface area contributed by atoms with Crippen LogP contribution in [0.1, 0.15) is 20.8 Å². The molecular weight excluding hydrogens is 222 g/mol. The fourth-order valence-electron chi connectivity index (χ4n) is 2.19. The summed E-state index contributed by atoms with van der Waals surface area (Å²) in [5, 5.41) is 9.13. The SMILES string of the molecule is COC(=O)C(C)C(C)N1CC(CO)OCC1C. The minimum absolute atomic E-state index is 0.0164. The van der Waals surface area contributed by atoms with E-state index < -0.39 is 0 Å². The van der Waals surface area contributed by atoms with Gasteiger partial charge < -0.3 is 14.6 Å². The lowest BCUT2D eigenvalue weighted by Gasteiger charge is -2.42. The molecule has 0 amide bonds. The standard InChI is InChI=1S/C12H23NO4/c1-8-7-17-11(6-14)5-13(8)10(3)9(2)12(15)16-4/h8-11,14H,5-7H2,1-4H3. The molecule has 1 aliphatic heterocycles. The van der Waals surface area contributed by atoms with E-state index in [2.05, 4.69) is 11.8 Å². The van der Waals surface area contributed by atoms with Crippen molar-refractivity contribution in [2.45, 2.75) is 39.0 Å². The molecule has 0 aromatic carbocycles. The van der Waals surface area contributed by atoms with Crippen LogP contribution in [0.4, 0.5) is 0 Å². The molecule has 0 aliphatic carbocycles. The fraction of sp³-hybridized carbons (Fsp3) is 0.917. The maximum atomic E-state index is 11.5. The van der Waals surface area contributed by atoms with Crippen molar-refractivity contribution in [1.82, 2.24) is 4.90 Å². The molecule has 5 nitrogen and oxygen atoms in total. The van der Waals surface area contributed by atoms with Crippen LogP contribution < -0.4 is 0 Å². The topological polar surface area (TPSA) is 59.0 Å². The summed E-state index contributed by atoms with van der Waals surface area (Å²) in [5.74, 6) is -0.378. The second-order valence-electron chi connectivity index (χ2n) is 4.74. The first kappa shape index (κ1) is 14.4. The van der Waals surface area contributed by atoms with Gasteiger partial charge in [-0.05, 0) is 13.8 Å². The van der Waals surface area contributed by atoms with Crippen molar-refractivity contribution in [2.24, 2.45) is 5.92 Å². The van der Waals surface area contributed by atoms with Gasteiger partial charge in [-0.1, -0.05) is 6.92 Å². The van der Waals surface area contributed by atoms with Crippen LogP contribution in [0.15, 0.2) is 0 Å². The Morgan fingerprint density at radius 3 is 2.76 bits per heavy atom. The summed E-state index contributed by atoms with van der Waals surface area (Å²) in [6.45, 7) is 7.20. The van der Waals surface area contributed by atoms with Crippen LogP contribution >= 0.6 is 0 Å². The van der Waals surface area contributed by atoms with Crippen molar-refractivity contribution < 1.29 is 19.4 Å². The Kier molecular flexibility index (Phi) is 5.36. The minimum atomic E-state index is -0.197. The third-order valence-electron chi connectivity index (χ3n) is 3.58. The molecular formula is C12H23NO4. The zero-order chi connectivity index (χ0) is 13.0. The first-order chi connectivity index (χ1) is 8.01. The second kappa shape index (κ2) is 6.33. The van der Waals surface area contributed by atoms with Crippen molar-refractivity contribution >= 4 is 5.97 Å². The number of ether oxygens (including phenoxy) is 2. The number of nitrogens with zero attached hydrogens (tertiary/aromatic N) is 1. The number of hydrogen-bond donors (Lipinski definition) is 1. The summed E-state index contributed by atoms with van der Waals surface area (Å²) in [5.41, 5.74) is 0. The van der Waals surface area contributed by atoms with Crippen molar-refractivity contribution in [3.8, 4) is 0 Å². The number of aliphatic hydroxyl groups is 1. The Balaban J connectivity index is 2.65. The zero-order valence-corrected chi connectivity index (χ0v) is 11.0. The van der Waals surface area contributed by atoms with E-state index in [0.717, 1.165) is 0 Å². The van der Waals surface area contributed by atoms with E-state index in [0.29, 0.717) is 13.2 Å². The molecule has 1 aliphatic rings. The molecule has 0 spiro atoms. The van der Waals surface area contributed by atoms with Gasteiger partial charge in [-0.15, -0.1) is 0 Å². The van der Waals surface area contributed by atoms with Gasteiger partial charge in [0.05, 0.1) is 32.3 Å². The van der Waals surface area contributed by atoms with E-state index in [1.807, 2.05) is 13.8 Å². The predicted octanol–water partition coefficient (Wildman–Crippen LogP) is 0.266. The smallest absolute Gasteiger partial charge is 0.309 e. The van der Waals surface area contributed by atoms with E-state index in [1.165, 1.54) is 7.11 Å². The van der Waals surface area contributed by atoms with Gasteiger partial charge in [0.25, 0.3) is 0 Å². The third-order valence-corrected chi connectivity index (χ3v) is 3.58. The number of hydrogen-bond acceptors (Lipinski definition) is 5. The lowest BCUT2D eigenvalue weighted by molar-refractivity contribution is -0.150. The number of rotatable bonds is 4. The molecule has 0 saturated carbocycles. The first-order valence-electron chi connectivity index (χ1n) is 6.07. The summed E-state index contributed by atoms with van der Waals surface area (Å²) in [6.07, 6.45) is -0.154. The Hall–Kier alpha value is -0.650. The monoisotopic (exact) mass is 245 g/mol. The minimum Gasteiger partial charge on any atom is -0.469 e. The molecule has 1 fully saturated rings. The Labute approximate surface area is 103 Å². The number of esters is 1. The molecule has 0 bridgehead atoms. The van der Waals surface area contributed by atoms with Gasteiger partial charge in [-0.25, -0.2) is 0 Å². The van der Waals surface area contributed by atoms with Gasteiger partial charge in [0.1, 0.15) is 0 Å². The number of carbonyl (C=O) groups excluding carboxylic acids is 1. The van der Waals surface area contributed by atoms with Gasteiger partial charge in [0.2, 0.25) is 0 Å². The van der Waals surface area contributed by atoms with Crippen LogP contribution in [0.5, 0.6) is 0 Å². The van der Waals surface area contributed by atoms with Crippen molar-refractivity contribution in [3.05, 3.63) is 0 Å². The predicted molar refractivity (Wildman–Crippen MR) is 63.6 cm³/mol. The Bertz CT molecular complexity index is 259. The lowest BCUT2D eigenvalue weighted by atomic mass is 9.99. The van der Waals surface area contributed by atoms with Gasteiger partial charge in [-0.3, -0.25) is 9.69 Å². The average Bonchev–Trinajstić information content (AvgIpc) is 2.36. The maximum absolute atomic E-state index is 11.5. The van der Waals surface area contributed by atoms with Gasteiger partial charge in [0, 0.05) is 18.6 Å². The van der Waals surface area contributed by atoms with Crippen molar-refractivity contribution in [3.63, 3.8) is 0 Å². The molecule has 17 heavy (non-hydrogen) atoms. The largest absolute Gasteiger partial charge is 0.469 e. The molecule has 1 rings (SSSR count). The van der Waals surface area contributed by atoms with E-state index in [4.69, 9.17) is 14.6 Å². The third kappa shape index (κ3) is 3.40. The summed E-state index contributed by atoms with van der Waals surface area (Å²) in [7, 11) is 1.41. The zero-order valence-electron chi connectivity index (χ0n) is 11.0. The summed E-state index contributed by atoms with van der Waals surface area (Å²) in [6, 6.07) is 0.329. The van der Waals surface area contributed by atoms with Crippen LogP contribution in [0.3, 0.4) is 0 Å². The van der Waals surface area contributed by atoms with Crippen LogP contribution in [0.2, 0.25) is 0 Å². The highest BCUT2D eigenvalue weighted by atomic mass is 16.5. The van der Waals surface area contributed by atoms with Crippen molar-refractivity contribution in [1.29, 1.82) is 0 Å².